The first-order valence-corrected chi connectivity index (χ1v) is 9.51. The van der Waals surface area contributed by atoms with E-state index in [0.29, 0.717) is 0 Å². The largest absolute Gasteiger partial charge is 0.0939 e. The maximum Gasteiger partial charge on any atom is 0.0119 e. The van der Waals surface area contributed by atoms with Crippen LogP contribution in [0, 0.1) is 0 Å². The number of hydrogen-bond acceptors (Lipinski definition) is 1. The minimum absolute atomic E-state index is 1.09. The highest BCUT2D eigenvalue weighted by Gasteiger charge is 2.19. The predicted octanol–water partition coefficient (Wildman–Crippen LogP) is 7.07. The molecule has 1 aliphatic carbocycles. The molecule has 0 unspecified atom stereocenters. The highest BCUT2D eigenvalue weighted by Crippen LogP contribution is 2.45. The van der Waals surface area contributed by atoms with Crippen molar-refractivity contribution in [1.29, 1.82) is 0 Å². The Morgan fingerprint density at radius 3 is 1.80 bits per heavy atom. The summed E-state index contributed by atoms with van der Waals surface area (Å²) in [6.07, 6.45) is 4.59. The normalized spacial score (nSPS) is 14.3. The summed E-state index contributed by atoms with van der Waals surface area (Å²) in [5, 5.41) is 0. The van der Waals surface area contributed by atoms with E-state index in [4.69, 9.17) is 0 Å². The highest BCUT2D eigenvalue weighted by molar-refractivity contribution is 8.03. The molecule has 25 heavy (non-hydrogen) atoms. The Hall–Kier alpha value is -2.51. The zero-order valence-electron chi connectivity index (χ0n) is 14.1. The number of rotatable bonds is 4. The van der Waals surface area contributed by atoms with Crippen LogP contribution in [0.4, 0.5) is 0 Å². The van der Waals surface area contributed by atoms with Gasteiger partial charge in [-0.2, -0.15) is 0 Å². The summed E-state index contributed by atoms with van der Waals surface area (Å²) in [5.74, 6) is 0. The van der Waals surface area contributed by atoms with E-state index < -0.39 is 0 Å². The third kappa shape index (κ3) is 3.62. The first-order chi connectivity index (χ1) is 12.4. The van der Waals surface area contributed by atoms with Crippen molar-refractivity contribution < 1.29 is 0 Å². The van der Waals surface area contributed by atoms with Gasteiger partial charge in [0.15, 0.2) is 0 Å². The van der Waals surface area contributed by atoms with Gasteiger partial charge >= 0.3 is 0 Å². The summed E-state index contributed by atoms with van der Waals surface area (Å²) in [5.41, 5.74) is 5.34. The molecule has 1 aliphatic rings. The molecule has 0 aromatic heterocycles. The van der Waals surface area contributed by atoms with Crippen molar-refractivity contribution in [2.75, 3.05) is 0 Å². The smallest absolute Gasteiger partial charge is 0.0119 e. The van der Waals surface area contributed by atoms with Gasteiger partial charge in [-0.1, -0.05) is 96.7 Å². The zero-order chi connectivity index (χ0) is 16.9. The predicted molar refractivity (Wildman–Crippen MR) is 109 cm³/mol. The van der Waals surface area contributed by atoms with Crippen molar-refractivity contribution in [2.24, 2.45) is 0 Å². The third-order valence-electron chi connectivity index (χ3n) is 4.40. The van der Waals surface area contributed by atoms with Crippen LogP contribution in [0.25, 0.3) is 11.1 Å². The molecule has 0 amide bonds. The molecular formula is C24H20S. The molecule has 0 radical (unpaired) electrons. The van der Waals surface area contributed by atoms with Crippen LogP contribution in [0.2, 0.25) is 0 Å². The standard InChI is InChI=1S/C24H20S/c1-4-11-19(12-5-1)22-17-10-18-23(25-21-15-8-3-9-16-21)24(22)20-13-6-2-7-14-20/h1-9,11-17H,10,18H2. The van der Waals surface area contributed by atoms with E-state index in [2.05, 4.69) is 97.1 Å². The average molecular weight is 340 g/mol. The topological polar surface area (TPSA) is 0 Å². The van der Waals surface area contributed by atoms with Gasteiger partial charge in [0.05, 0.1) is 0 Å². The van der Waals surface area contributed by atoms with Crippen LogP contribution in [0.3, 0.4) is 0 Å². The zero-order valence-corrected chi connectivity index (χ0v) is 14.9. The Balaban J connectivity index is 1.83. The Morgan fingerprint density at radius 2 is 1.16 bits per heavy atom. The van der Waals surface area contributed by atoms with Gasteiger partial charge in [0.1, 0.15) is 0 Å². The van der Waals surface area contributed by atoms with Crippen LogP contribution >= 0.6 is 11.8 Å². The van der Waals surface area contributed by atoms with Gasteiger partial charge in [-0.3, -0.25) is 0 Å². The van der Waals surface area contributed by atoms with Crippen molar-refractivity contribution >= 4 is 22.9 Å². The quantitative estimate of drug-likeness (QED) is 0.489. The van der Waals surface area contributed by atoms with Gasteiger partial charge in [0.25, 0.3) is 0 Å². The lowest BCUT2D eigenvalue weighted by molar-refractivity contribution is 1.03. The monoisotopic (exact) mass is 340 g/mol. The lowest BCUT2D eigenvalue weighted by Gasteiger charge is -2.23. The molecule has 0 nitrogen and oxygen atoms in total. The maximum atomic E-state index is 2.40. The molecule has 4 rings (SSSR count). The fourth-order valence-corrected chi connectivity index (χ4v) is 4.39. The molecule has 3 aromatic carbocycles. The van der Waals surface area contributed by atoms with Gasteiger partial charge in [-0.15, -0.1) is 0 Å². The molecule has 0 fully saturated rings. The van der Waals surface area contributed by atoms with Gasteiger partial charge in [0.2, 0.25) is 0 Å². The Kier molecular flexibility index (Phi) is 4.85. The minimum atomic E-state index is 1.09. The molecule has 0 atom stereocenters. The van der Waals surface area contributed by atoms with E-state index in [1.54, 1.807) is 0 Å². The van der Waals surface area contributed by atoms with E-state index >= 15 is 0 Å². The van der Waals surface area contributed by atoms with Gasteiger partial charge in [-0.25, -0.2) is 0 Å². The van der Waals surface area contributed by atoms with Gasteiger partial charge < -0.3 is 0 Å². The van der Waals surface area contributed by atoms with Crippen LogP contribution < -0.4 is 0 Å². The molecular weight excluding hydrogens is 320 g/mol. The Labute approximate surface area is 153 Å². The molecule has 0 saturated carbocycles. The second kappa shape index (κ2) is 7.58. The van der Waals surface area contributed by atoms with Crippen LogP contribution in [0.15, 0.2) is 107 Å². The highest BCUT2D eigenvalue weighted by atomic mass is 32.2. The van der Waals surface area contributed by atoms with Gasteiger partial charge in [-0.05, 0) is 52.2 Å². The van der Waals surface area contributed by atoms with Crippen LogP contribution in [-0.2, 0) is 0 Å². The van der Waals surface area contributed by atoms with E-state index in [9.17, 15) is 0 Å². The van der Waals surface area contributed by atoms with Crippen molar-refractivity contribution in [3.05, 3.63) is 113 Å². The SMILES string of the molecule is C1=C(c2ccccc2)C(c2ccccc2)=C(Sc2ccccc2)CC1. The minimum Gasteiger partial charge on any atom is -0.0939 e. The van der Waals surface area contributed by atoms with Crippen LogP contribution in [-0.4, -0.2) is 0 Å². The third-order valence-corrected chi connectivity index (χ3v) is 5.56. The summed E-state index contributed by atoms with van der Waals surface area (Å²) >= 11 is 1.90. The summed E-state index contributed by atoms with van der Waals surface area (Å²) in [6, 6.07) is 32.2. The molecule has 1 heteroatoms. The summed E-state index contributed by atoms with van der Waals surface area (Å²) in [4.78, 5) is 2.76. The number of thioether (sulfide) groups is 1. The first kappa shape index (κ1) is 16.0. The van der Waals surface area contributed by atoms with E-state index in [1.807, 2.05) is 11.8 Å². The van der Waals surface area contributed by atoms with Crippen molar-refractivity contribution in [2.45, 2.75) is 17.7 Å². The molecule has 122 valence electrons. The second-order valence-electron chi connectivity index (χ2n) is 6.10. The van der Waals surface area contributed by atoms with Crippen molar-refractivity contribution in [1.82, 2.24) is 0 Å². The average Bonchev–Trinajstić information content (AvgIpc) is 2.70. The fourth-order valence-electron chi connectivity index (χ4n) is 3.26. The molecule has 0 bridgehead atoms. The maximum absolute atomic E-state index is 2.40. The van der Waals surface area contributed by atoms with E-state index in [-0.39, 0.29) is 0 Å². The van der Waals surface area contributed by atoms with Crippen LogP contribution in [0.1, 0.15) is 24.0 Å². The fraction of sp³-hybridized carbons (Fsp3) is 0.0833. The Morgan fingerprint density at radius 1 is 0.600 bits per heavy atom. The van der Waals surface area contributed by atoms with E-state index in [0.717, 1.165) is 12.8 Å². The molecule has 0 saturated heterocycles. The number of benzene rings is 3. The van der Waals surface area contributed by atoms with Crippen LogP contribution in [0.5, 0.6) is 0 Å². The first-order valence-electron chi connectivity index (χ1n) is 8.69. The molecule has 0 spiro atoms. The second-order valence-corrected chi connectivity index (χ2v) is 7.27. The van der Waals surface area contributed by atoms with Crippen molar-refractivity contribution in [3.63, 3.8) is 0 Å². The van der Waals surface area contributed by atoms with Gasteiger partial charge in [0, 0.05) is 4.90 Å². The summed E-state index contributed by atoms with van der Waals surface area (Å²) in [6.45, 7) is 0. The number of hydrogen-bond donors (Lipinski definition) is 0. The summed E-state index contributed by atoms with van der Waals surface area (Å²) < 4.78 is 0. The van der Waals surface area contributed by atoms with E-state index in [1.165, 1.54) is 32.1 Å². The molecule has 0 N–H and O–H groups in total. The lowest BCUT2D eigenvalue weighted by atomic mass is 9.87. The molecule has 3 aromatic rings. The van der Waals surface area contributed by atoms with Crippen molar-refractivity contribution in [3.8, 4) is 0 Å². The summed E-state index contributed by atoms with van der Waals surface area (Å²) in [7, 11) is 0. The number of allylic oxidation sites excluding steroid dienone is 4. The Bertz CT molecular complexity index is 891. The molecule has 0 aliphatic heterocycles. The molecule has 0 heterocycles. The lowest BCUT2D eigenvalue weighted by Crippen LogP contribution is -1.99.